The Morgan fingerprint density at radius 3 is 2.11 bits per heavy atom. The van der Waals surface area contributed by atoms with Crippen LogP contribution in [0.2, 0.25) is 0 Å². The second kappa shape index (κ2) is 6.05. The number of carbonyl (C=O) groups excluding carboxylic acids is 1. The van der Waals surface area contributed by atoms with Crippen molar-refractivity contribution in [3.63, 3.8) is 0 Å². The number of anilines is 1. The first-order valence-corrected chi connectivity index (χ1v) is 7.59. The van der Waals surface area contributed by atoms with Crippen LogP contribution in [0.4, 0.5) is 41.3 Å². The molecule has 3 rings (SSSR count). The van der Waals surface area contributed by atoms with Gasteiger partial charge in [-0.1, -0.05) is 12.1 Å². The lowest BCUT2D eigenvalue weighted by Gasteiger charge is -2.41. The van der Waals surface area contributed by atoms with Crippen molar-refractivity contribution in [2.75, 3.05) is 5.32 Å². The Morgan fingerprint density at radius 1 is 1.00 bits per heavy atom. The number of nitrogens with zero attached hydrogens (tertiary/aromatic N) is 1. The topological polar surface area (TPSA) is 78.9 Å². The number of fused-ring (bicyclic) bond motifs is 1. The van der Waals surface area contributed by atoms with Gasteiger partial charge in [-0.3, -0.25) is 19.7 Å². The van der Waals surface area contributed by atoms with E-state index in [1.165, 1.54) is 12.1 Å². The van der Waals surface area contributed by atoms with Gasteiger partial charge in [0.05, 0.1) is 5.69 Å². The monoisotopic (exact) mass is 428 g/mol. The Balaban J connectivity index is 2.55. The number of para-hydroxylation sites is 1. The minimum absolute atomic E-state index is 0.381. The molecule has 0 radical (unpaired) electrons. The Hall–Kier alpha value is -2.90. The molecule has 0 fully saturated rings. The Kier molecular flexibility index (Phi) is 4.29. The third kappa shape index (κ3) is 2.66. The summed E-state index contributed by atoms with van der Waals surface area (Å²) in [4.78, 5) is 25.6. The Bertz CT molecular complexity index is 1070. The summed E-state index contributed by atoms with van der Waals surface area (Å²) in [5.41, 5.74) is -9.40. The van der Waals surface area contributed by atoms with E-state index in [1.807, 2.05) is 0 Å². The number of alkyl halides is 6. The number of hydrogen-bond acceptors (Lipinski definition) is 3. The van der Waals surface area contributed by atoms with Gasteiger partial charge in [0.15, 0.2) is 4.77 Å². The van der Waals surface area contributed by atoms with Gasteiger partial charge in [-0.05, 0) is 24.4 Å². The van der Waals surface area contributed by atoms with Crippen molar-refractivity contribution in [3.05, 3.63) is 50.8 Å². The number of aromatic nitrogens is 2. The second-order valence-electron chi connectivity index (χ2n) is 5.59. The molecule has 14 heteroatoms. The second-order valence-corrected chi connectivity index (χ2v) is 5.98. The average Bonchev–Trinajstić information content (AvgIpc) is 2.53. The third-order valence-corrected chi connectivity index (χ3v) is 4.25. The van der Waals surface area contributed by atoms with Gasteiger partial charge in [0.1, 0.15) is 17.2 Å². The number of benzene rings is 1. The highest BCUT2D eigenvalue weighted by Gasteiger charge is 2.76. The van der Waals surface area contributed by atoms with E-state index >= 15 is 0 Å². The maximum absolute atomic E-state index is 14.2. The smallest absolute Gasteiger partial charge is 0.312 e. The number of carbonyl (C=O) groups is 1. The Morgan fingerprint density at radius 2 is 1.57 bits per heavy atom. The molecule has 0 atom stereocenters. The van der Waals surface area contributed by atoms with Crippen molar-refractivity contribution < 1.29 is 35.5 Å². The first-order valence-electron chi connectivity index (χ1n) is 7.18. The Labute approximate surface area is 155 Å². The molecule has 2 heterocycles. The maximum atomic E-state index is 14.2. The zero-order valence-corrected chi connectivity index (χ0v) is 13.9. The molecule has 2 amide bonds. The predicted molar refractivity (Wildman–Crippen MR) is 83.1 cm³/mol. The van der Waals surface area contributed by atoms with E-state index < -0.39 is 57.1 Å². The summed E-state index contributed by atoms with van der Waals surface area (Å²) in [6.45, 7) is 0. The van der Waals surface area contributed by atoms with Crippen LogP contribution in [-0.4, -0.2) is 27.9 Å². The van der Waals surface area contributed by atoms with Crippen LogP contribution in [-0.2, 0) is 5.54 Å². The number of H-pyrrole nitrogens is 1. The molecule has 1 aliphatic heterocycles. The van der Waals surface area contributed by atoms with E-state index in [0.29, 0.717) is 4.57 Å². The molecule has 0 aliphatic carbocycles. The van der Waals surface area contributed by atoms with Crippen LogP contribution < -0.4 is 16.2 Å². The molecular weight excluding hydrogens is 421 g/mol. The predicted octanol–water partition coefficient (Wildman–Crippen LogP) is 3.49. The summed E-state index contributed by atoms with van der Waals surface area (Å²) in [6.07, 6.45) is -12.3. The van der Waals surface area contributed by atoms with Crippen molar-refractivity contribution in [2.24, 2.45) is 0 Å². The molecule has 28 heavy (non-hydrogen) atoms. The van der Waals surface area contributed by atoms with E-state index in [4.69, 9.17) is 12.2 Å². The fraction of sp³-hybridized carbons (Fsp3) is 0.214. The normalized spacial score (nSPS) is 16.2. The van der Waals surface area contributed by atoms with Crippen LogP contribution in [0.15, 0.2) is 29.1 Å². The summed E-state index contributed by atoms with van der Waals surface area (Å²) >= 11 is 4.77. The molecule has 1 aromatic heterocycles. The molecule has 3 N–H and O–H groups in total. The number of amides is 2. The fourth-order valence-electron chi connectivity index (χ4n) is 2.82. The van der Waals surface area contributed by atoms with Gasteiger partial charge >= 0.3 is 18.4 Å². The quantitative estimate of drug-likeness (QED) is 0.481. The molecular formula is C14H7F7N4O2S. The van der Waals surface area contributed by atoms with Crippen molar-refractivity contribution in [3.8, 4) is 5.69 Å². The summed E-state index contributed by atoms with van der Waals surface area (Å²) in [5.74, 6) is -2.33. The van der Waals surface area contributed by atoms with Crippen LogP contribution in [0.25, 0.3) is 5.69 Å². The van der Waals surface area contributed by atoms with Gasteiger partial charge in [0.2, 0.25) is 0 Å². The average molecular weight is 428 g/mol. The zero-order valence-electron chi connectivity index (χ0n) is 13.1. The summed E-state index contributed by atoms with van der Waals surface area (Å²) in [5, 5.41) is 2.45. The lowest BCUT2D eigenvalue weighted by atomic mass is 9.87. The van der Waals surface area contributed by atoms with Crippen LogP contribution in [0.3, 0.4) is 0 Å². The highest BCUT2D eigenvalue weighted by Crippen LogP contribution is 2.52. The van der Waals surface area contributed by atoms with E-state index in [1.54, 1.807) is 10.3 Å². The van der Waals surface area contributed by atoms with E-state index in [-0.39, 0.29) is 0 Å². The fourth-order valence-corrected chi connectivity index (χ4v) is 3.11. The summed E-state index contributed by atoms with van der Waals surface area (Å²) in [6, 6.07) is 2.36. The third-order valence-electron chi connectivity index (χ3n) is 3.96. The van der Waals surface area contributed by atoms with Gasteiger partial charge in [0.25, 0.3) is 11.1 Å². The van der Waals surface area contributed by atoms with Crippen LogP contribution in [0.1, 0.15) is 5.56 Å². The molecule has 0 saturated heterocycles. The molecule has 2 aromatic rings. The first kappa shape index (κ1) is 19.9. The first-order chi connectivity index (χ1) is 12.8. The standard InChI is InChI=1S/C14H7F7N4O2S/c15-5-3-1-2-4-6(5)25-8-7(9(26)23-11(25)28)12(13(16,17)18,14(19,20)21)24-10(27)22-8/h1-4H,(H2,22,24,27)(H,23,26,28). The van der Waals surface area contributed by atoms with Crippen molar-refractivity contribution in [2.45, 2.75) is 17.9 Å². The van der Waals surface area contributed by atoms with Crippen LogP contribution >= 0.6 is 12.2 Å². The SMILES string of the molecule is O=C1Nc2c(c(=O)[nH]c(=S)n2-c2ccccc2F)C(C(F)(F)F)(C(F)(F)F)N1. The minimum atomic E-state index is -6.17. The number of nitrogens with one attached hydrogen (secondary N) is 3. The van der Waals surface area contributed by atoms with Crippen LogP contribution in [0.5, 0.6) is 0 Å². The van der Waals surface area contributed by atoms with Gasteiger partial charge in [-0.25, -0.2) is 9.18 Å². The van der Waals surface area contributed by atoms with E-state index in [0.717, 1.165) is 17.4 Å². The van der Waals surface area contributed by atoms with Gasteiger partial charge in [0, 0.05) is 0 Å². The van der Waals surface area contributed by atoms with Gasteiger partial charge < -0.3 is 5.32 Å². The summed E-state index contributed by atoms with van der Waals surface area (Å²) in [7, 11) is 0. The lowest BCUT2D eigenvalue weighted by molar-refractivity contribution is -0.310. The zero-order chi connectivity index (χ0) is 21.1. The number of rotatable bonds is 1. The molecule has 0 unspecified atom stereocenters. The van der Waals surface area contributed by atoms with Crippen LogP contribution in [0, 0.1) is 10.6 Å². The lowest BCUT2D eigenvalue weighted by Crippen LogP contribution is -2.69. The highest BCUT2D eigenvalue weighted by molar-refractivity contribution is 7.71. The number of aromatic amines is 1. The number of halogens is 7. The molecule has 1 aliphatic rings. The number of hydrogen-bond donors (Lipinski definition) is 3. The van der Waals surface area contributed by atoms with Crippen molar-refractivity contribution in [1.29, 1.82) is 0 Å². The molecule has 0 bridgehead atoms. The molecule has 150 valence electrons. The van der Waals surface area contributed by atoms with E-state index in [9.17, 15) is 40.3 Å². The molecule has 0 saturated carbocycles. The van der Waals surface area contributed by atoms with Gasteiger partial charge in [-0.2, -0.15) is 26.3 Å². The van der Waals surface area contributed by atoms with Gasteiger partial charge in [-0.15, -0.1) is 0 Å². The van der Waals surface area contributed by atoms with Crippen molar-refractivity contribution in [1.82, 2.24) is 14.9 Å². The summed E-state index contributed by atoms with van der Waals surface area (Å²) < 4.78 is 95.5. The number of urea groups is 1. The highest BCUT2D eigenvalue weighted by atomic mass is 32.1. The van der Waals surface area contributed by atoms with E-state index in [2.05, 4.69) is 0 Å². The molecule has 1 aromatic carbocycles. The maximum Gasteiger partial charge on any atom is 0.425 e. The molecule has 0 spiro atoms. The minimum Gasteiger partial charge on any atom is -0.312 e. The van der Waals surface area contributed by atoms with Crippen molar-refractivity contribution >= 4 is 24.1 Å². The molecule has 6 nitrogen and oxygen atoms in total. The largest absolute Gasteiger partial charge is 0.425 e.